The van der Waals surface area contributed by atoms with Crippen LogP contribution in [0.25, 0.3) is 0 Å². The zero-order chi connectivity index (χ0) is 14.5. The Bertz CT molecular complexity index is 432. The van der Waals surface area contributed by atoms with Gasteiger partial charge in [-0.2, -0.15) is 0 Å². The Labute approximate surface area is 124 Å². The van der Waals surface area contributed by atoms with E-state index in [1.54, 1.807) is 0 Å². The van der Waals surface area contributed by atoms with E-state index in [1.807, 2.05) is 52.0 Å². The van der Waals surface area contributed by atoms with Gasteiger partial charge < -0.3 is 9.05 Å². The van der Waals surface area contributed by atoms with Gasteiger partial charge in [-0.1, -0.05) is 40.2 Å². The van der Waals surface area contributed by atoms with Gasteiger partial charge in [0.1, 0.15) is 0 Å². The zero-order valence-corrected chi connectivity index (χ0v) is 14.4. The molecular formula is C14H22BrO3P. The molecule has 0 bridgehead atoms. The number of alkyl halides is 1. The number of halogens is 1. The summed E-state index contributed by atoms with van der Waals surface area (Å²) < 4.78 is 24.0. The third-order valence-corrected chi connectivity index (χ3v) is 5.19. The predicted molar refractivity (Wildman–Crippen MR) is 82.8 cm³/mol. The van der Waals surface area contributed by atoms with Crippen LogP contribution in [-0.4, -0.2) is 12.2 Å². The van der Waals surface area contributed by atoms with E-state index in [0.717, 1.165) is 16.5 Å². The zero-order valence-electron chi connectivity index (χ0n) is 11.9. The summed E-state index contributed by atoms with van der Waals surface area (Å²) in [6.45, 7) is 7.47. The van der Waals surface area contributed by atoms with Gasteiger partial charge in [0.2, 0.25) is 0 Å². The minimum atomic E-state index is -3.11. The molecule has 0 unspecified atom stereocenters. The summed E-state index contributed by atoms with van der Waals surface area (Å²) in [5.41, 5.74) is 2.12. The van der Waals surface area contributed by atoms with Crippen LogP contribution in [0.5, 0.6) is 0 Å². The van der Waals surface area contributed by atoms with Crippen LogP contribution in [0.4, 0.5) is 0 Å². The van der Waals surface area contributed by atoms with Crippen molar-refractivity contribution >= 4 is 23.5 Å². The van der Waals surface area contributed by atoms with Gasteiger partial charge in [0.25, 0.3) is 0 Å². The fraction of sp³-hybridized carbons (Fsp3) is 0.571. The maximum absolute atomic E-state index is 12.8. The fourth-order valence-electron chi connectivity index (χ4n) is 1.79. The summed E-state index contributed by atoms with van der Waals surface area (Å²) in [5, 5.41) is 0.729. The molecule has 0 amide bonds. The highest BCUT2D eigenvalue weighted by Crippen LogP contribution is 2.53. The van der Waals surface area contributed by atoms with Gasteiger partial charge in [-0.3, -0.25) is 4.57 Å². The van der Waals surface area contributed by atoms with E-state index in [9.17, 15) is 4.57 Å². The standard InChI is InChI=1S/C14H22BrO3P/c1-11(2)17-19(16,18-12(3)4)10-14-8-6-5-7-13(14)9-15/h5-8,11-12H,9-10H2,1-4H3. The minimum Gasteiger partial charge on any atom is -0.306 e. The molecule has 1 rings (SSSR count). The lowest BCUT2D eigenvalue weighted by Gasteiger charge is -2.23. The van der Waals surface area contributed by atoms with Crippen molar-refractivity contribution < 1.29 is 13.6 Å². The molecule has 0 fully saturated rings. The molecule has 0 saturated carbocycles. The van der Waals surface area contributed by atoms with Crippen molar-refractivity contribution in [1.82, 2.24) is 0 Å². The van der Waals surface area contributed by atoms with Gasteiger partial charge in [0.05, 0.1) is 18.4 Å². The average Bonchev–Trinajstić information content (AvgIpc) is 2.26. The Morgan fingerprint density at radius 1 is 1.05 bits per heavy atom. The SMILES string of the molecule is CC(C)OP(=O)(Cc1ccccc1CBr)OC(C)C. The van der Waals surface area contributed by atoms with Crippen LogP contribution in [0.2, 0.25) is 0 Å². The molecule has 1 aromatic rings. The molecule has 0 aliphatic heterocycles. The van der Waals surface area contributed by atoms with Gasteiger partial charge in [0.15, 0.2) is 0 Å². The Kier molecular flexibility index (Phi) is 6.75. The van der Waals surface area contributed by atoms with Crippen molar-refractivity contribution in [3.63, 3.8) is 0 Å². The van der Waals surface area contributed by atoms with E-state index in [1.165, 1.54) is 0 Å². The smallest absolute Gasteiger partial charge is 0.306 e. The lowest BCUT2D eigenvalue weighted by molar-refractivity contribution is 0.141. The molecule has 0 spiro atoms. The van der Waals surface area contributed by atoms with Crippen LogP contribution < -0.4 is 0 Å². The van der Waals surface area contributed by atoms with Crippen molar-refractivity contribution in [1.29, 1.82) is 0 Å². The van der Waals surface area contributed by atoms with Crippen molar-refractivity contribution in [2.45, 2.75) is 51.4 Å². The van der Waals surface area contributed by atoms with E-state index >= 15 is 0 Å². The minimum absolute atomic E-state index is 0.124. The molecule has 0 aliphatic rings. The second-order valence-electron chi connectivity index (χ2n) is 4.98. The molecule has 0 radical (unpaired) electrons. The first-order valence-electron chi connectivity index (χ1n) is 6.45. The van der Waals surface area contributed by atoms with Crippen LogP contribution in [0.1, 0.15) is 38.8 Å². The summed E-state index contributed by atoms with van der Waals surface area (Å²) in [6.07, 6.45) is 0.0620. The second kappa shape index (κ2) is 7.58. The first-order chi connectivity index (χ1) is 8.86. The molecular weight excluding hydrogens is 327 g/mol. The first-order valence-corrected chi connectivity index (χ1v) is 9.30. The highest BCUT2D eigenvalue weighted by Gasteiger charge is 2.28. The second-order valence-corrected chi connectivity index (χ2v) is 7.50. The summed E-state index contributed by atoms with van der Waals surface area (Å²) in [7, 11) is -3.11. The van der Waals surface area contributed by atoms with Crippen LogP contribution in [0.15, 0.2) is 24.3 Å². The Hall–Kier alpha value is -0.150. The van der Waals surface area contributed by atoms with Crippen LogP contribution in [0, 0.1) is 0 Å². The van der Waals surface area contributed by atoms with Crippen molar-refractivity contribution in [2.75, 3.05) is 0 Å². The fourth-order valence-corrected chi connectivity index (χ4v) is 4.55. The van der Waals surface area contributed by atoms with Gasteiger partial charge in [-0.05, 0) is 38.8 Å². The van der Waals surface area contributed by atoms with E-state index in [-0.39, 0.29) is 12.2 Å². The number of hydrogen-bond acceptors (Lipinski definition) is 3. The molecule has 19 heavy (non-hydrogen) atoms. The highest BCUT2D eigenvalue weighted by molar-refractivity contribution is 9.08. The quantitative estimate of drug-likeness (QED) is 0.506. The van der Waals surface area contributed by atoms with E-state index in [0.29, 0.717) is 6.16 Å². The van der Waals surface area contributed by atoms with Crippen LogP contribution in [-0.2, 0) is 25.1 Å². The molecule has 0 saturated heterocycles. The summed E-state index contributed by atoms with van der Waals surface area (Å²) in [4.78, 5) is 0. The van der Waals surface area contributed by atoms with Gasteiger partial charge in [-0.25, -0.2) is 0 Å². The molecule has 0 aliphatic carbocycles. The lowest BCUT2D eigenvalue weighted by Crippen LogP contribution is -2.10. The maximum atomic E-state index is 12.8. The monoisotopic (exact) mass is 348 g/mol. The lowest BCUT2D eigenvalue weighted by atomic mass is 10.1. The van der Waals surface area contributed by atoms with Crippen molar-refractivity contribution in [3.8, 4) is 0 Å². The molecule has 108 valence electrons. The number of rotatable bonds is 7. The normalized spacial score (nSPS) is 12.4. The average molecular weight is 349 g/mol. The third-order valence-electron chi connectivity index (χ3n) is 2.37. The van der Waals surface area contributed by atoms with Crippen molar-refractivity contribution in [2.24, 2.45) is 0 Å². The third kappa shape index (κ3) is 5.78. The molecule has 0 aromatic heterocycles. The molecule has 0 atom stereocenters. The van der Waals surface area contributed by atoms with Crippen LogP contribution >= 0.6 is 23.5 Å². The van der Waals surface area contributed by atoms with E-state index < -0.39 is 7.60 Å². The van der Waals surface area contributed by atoms with E-state index in [4.69, 9.17) is 9.05 Å². The summed E-state index contributed by atoms with van der Waals surface area (Å²) in [5.74, 6) is 0. The Morgan fingerprint density at radius 3 is 1.95 bits per heavy atom. The molecule has 1 aromatic carbocycles. The largest absolute Gasteiger partial charge is 0.335 e. The van der Waals surface area contributed by atoms with Gasteiger partial charge >= 0.3 is 7.60 Å². The van der Waals surface area contributed by atoms with Gasteiger partial charge in [-0.15, -0.1) is 0 Å². The topological polar surface area (TPSA) is 35.5 Å². The molecule has 0 N–H and O–H groups in total. The highest BCUT2D eigenvalue weighted by atomic mass is 79.9. The summed E-state index contributed by atoms with van der Waals surface area (Å²) >= 11 is 3.45. The predicted octanol–water partition coefficient (Wildman–Crippen LogP) is 5.12. The van der Waals surface area contributed by atoms with Crippen LogP contribution in [0.3, 0.4) is 0 Å². The molecule has 3 nitrogen and oxygen atoms in total. The Balaban J connectivity index is 2.97. The summed E-state index contributed by atoms with van der Waals surface area (Å²) in [6, 6.07) is 7.89. The number of hydrogen-bond donors (Lipinski definition) is 0. The van der Waals surface area contributed by atoms with Gasteiger partial charge in [0, 0.05) is 5.33 Å². The first kappa shape index (κ1) is 16.9. The Morgan fingerprint density at radius 2 is 1.53 bits per heavy atom. The van der Waals surface area contributed by atoms with Crippen molar-refractivity contribution in [3.05, 3.63) is 35.4 Å². The maximum Gasteiger partial charge on any atom is 0.335 e. The molecule has 0 heterocycles. The van der Waals surface area contributed by atoms with E-state index in [2.05, 4.69) is 15.9 Å². The molecule has 5 heteroatoms. The number of benzene rings is 1.